The highest BCUT2D eigenvalue weighted by Crippen LogP contribution is 2.48. The molecule has 4 heteroatoms. The van der Waals surface area contributed by atoms with Gasteiger partial charge in [-0.15, -0.1) is 0 Å². The minimum absolute atomic E-state index is 0.163. The van der Waals surface area contributed by atoms with Crippen LogP contribution in [0, 0.1) is 11.3 Å². The van der Waals surface area contributed by atoms with Gasteiger partial charge in [-0.05, 0) is 42.9 Å². The van der Waals surface area contributed by atoms with Gasteiger partial charge in [0.2, 0.25) is 5.76 Å². The summed E-state index contributed by atoms with van der Waals surface area (Å²) >= 11 is 0. The van der Waals surface area contributed by atoms with Crippen LogP contribution in [0.3, 0.4) is 0 Å². The summed E-state index contributed by atoms with van der Waals surface area (Å²) in [6, 6.07) is 3.76. The molecule has 0 radical (unpaired) electrons. The number of carbonyl (C=O) groups is 1. The minimum Gasteiger partial charge on any atom is -0.463 e. The van der Waals surface area contributed by atoms with Gasteiger partial charge in [0, 0.05) is 0 Å². The van der Waals surface area contributed by atoms with Crippen LogP contribution in [0.5, 0.6) is 0 Å². The molecule has 1 heterocycles. The summed E-state index contributed by atoms with van der Waals surface area (Å²) in [5.74, 6) is 1.23. The van der Waals surface area contributed by atoms with Gasteiger partial charge in [-0.2, -0.15) is 0 Å². The molecule has 1 aliphatic carbocycles. The number of furan rings is 1. The van der Waals surface area contributed by atoms with Gasteiger partial charge in [0.25, 0.3) is 0 Å². The van der Waals surface area contributed by atoms with Gasteiger partial charge in [0.1, 0.15) is 5.76 Å². The molecule has 2 atom stereocenters. The molecule has 4 nitrogen and oxygen atoms in total. The number of esters is 1. The van der Waals surface area contributed by atoms with Crippen LogP contribution in [-0.4, -0.2) is 19.6 Å². The van der Waals surface area contributed by atoms with Crippen LogP contribution in [-0.2, 0) is 4.74 Å². The van der Waals surface area contributed by atoms with E-state index in [1.807, 2.05) is 6.07 Å². The second-order valence-corrected chi connectivity index (χ2v) is 6.22. The van der Waals surface area contributed by atoms with Crippen LogP contribution < -0.4 is 5.32 Å². The van der Waals surface area contributed by atoms with Crippen molar-refractivity contribution in [2.24, 2.45) is 11.3 Å². The first-order chi connectivity index (χ1) is 9.49. The van der Waals surface area contributed by atoms with E-state index in [0.717, 1.165) is 12.3 Å². The molecule has 0 amide bonds. The van der Waals surface area contributed by atoms with Crippen LogP contribution in [0.4, 0.5) is 0 Å². The highest BCUT2D eigenvalue weighted by molar-refractivity contribution is 5.86. The Kier molecular flexibility index (Phi) is 4.53. The van der Waals surface area contributed by atoms with Gasteiger partial charge in [-0.1, -0.05) is 27.2 Å². The molecule has 1 aromatic heterocycles. The number of hydrogen-bond donors (Lipinski definition) is 1. The predicted octanol–water partition coefficient (Wildman–Crippen LogP) is 3.54. The Hall–Kier alpha value is -1.29. The monoisotopic (exact) mass is 279 g/mol. The maximum absolute atomic E-state index is 11.5. The van der Waals surface area contributed by atoms with E-state index < -0.39 is 5.97 Å². The van der Waals surface area contributed by atoms with E-state index in [9.17, 15) is 4.79 Å². The van der Waals surface area contributed by atoms with Crippen LogP contribution >= 0.6 is 0 Å². The summed E-state index contributed by atoms with van der Waals surface area (Å²) in [5.41, 5.74) is 0.297. The summed E-state index contributed by atoms with van der Waals surface area (Å²) in [4.78, 5) is 11.5. The molecule has 1 fully saturated rings. The van der Waals surface area contributed by atoms with E-state index in [4.69, 9.17) is 9.15 Å². The molecular formula is C16H25NO3. The number of methoxy groups -OCH3 is 1. The van der Waals surface area contributed by atoms with Gasteiger partial charge in [0.15, 0.2) is 0 Å². The number of ether oxygens (including phenoxy) is 1. The second-order valence-electron chi connectivity index (χ2n) is 6.22. The molecule has 1 N–H and O–H groups in total. The van der Waals surface area contributed by atoms with Gasteiger partial charge in [-0.25, -0.2) is 4.79 Å². The van der Waals surface area contributed by atoms with E-state index in [0.29, 0.717) is 11.3 Å². The Labute approximate surface area is 120 Å². The SMILES string of the molecule is CCNC(c1ccc(C(=O)OC)o1)C1CCCC1(C)C. The van der Waals surface area contributed by atoms with Crippen molar-refractivity contribution in [3.8, 4) is 0 Å². The van der Waals surface area contributed by atoms with E-state index in [1.165, 1.54) is 26.4 Å². The van der Waals surface area contributed by atoms with Crippen molar-refractivity contribution in [2.45, 2.75) is 46.1 Å². The summed E-state index contributed by atoms with van der Waals surface area (Å²) in [6.45, 7) is 7.61. The molecular weight excluding hydrogens is 254 g/mol. The molecule has 0 bridgehead atoms. The molecule has 112 valence electrons. The number of nitrogens with one attached hydrogen (secondary N) is 1. The third-order valence-electron chi connectivity index (χ3n) is 4.49. The minimum atomic E-state index is -0.419. The van der Waals surface area contributed by atoms with Crippen molar-refractivity contribution in [2.75, 3.05) is 13.7 Å². The lowest BCUT2D eigenvalue weighted by atomic mass is 9.77. The fourth-order valence-electron chi connectivity index (χ4n) is 3.36. The van der Waals surface area contributed by atoms with Crippen LogP contribution in [0.25, 0.3) is 0 Å². The van der Waals surface area contributed by atoms with Crippen molar-refractivity contribution in [1.82, 2.24) is 5.32 Å². The first-order valence-corrected chi connectivity index (χ1v) is 7.41. The Morgan fingerprint density at radius 1 is 1.55 bits per heavy atom. The number of hydrogen-bond acceptors (Lipinski definition) is 4. The largest absolute Gasteiger partial charge is 0.463 e. The average molecular weight is 279 g/mol. The number of rotatable bonds is 5. The maximum Gasteiger partial charge on any atom is 0.373 e. The summed E-state index contributed by atoms with van der Waals surface area (Å²) in [6.07, 6.45) is 3.69. The number of carbonyl (C=O) groups excluding carboxylic acids is 1. The van der Waals surface area contributed by atoms with Crippen LogP contribution in [0.15, 0.2) is 16.5 Å². The second kappa shape index (κ2) is 6.00. The Bertz CT molecular complexity index is 464. The molecule has 1 aromatic rings. The van der Waals surface area contributed by atoms with Crippen molar-refractivity contribution < 1.29 is 13.9 Å². The maximum atomic E-state index is 11.5. The van der Waals surface area contributed by atoms with Crippen molar-refractivity contribution in [3.05, 3.63) is 23.7 Å². The third-order valence-corrected chi connectivity index (χ3v) is 4.49. The first kappa shape index (κ1) is 15.1. The Morgan fingerprint density at radius 2 is 2.30 bits per heavy atom. The lowest BCUT2D eigenvalue weighted by Gasteiger charge is -2.33. The van der Waals surface area contributed by atoms with Gasteiger partial charge in [-0.3, -0.25) is 0 Å². The van der Waals surface area contributed by atoms with Gasteiger partial charge >= 0.3 is 5.97 Å². The topological polar surface area (TPSA) is 51.5 Å². The van der Waals surface area contributed by atoms with E-state index in [-0.39, 0.29) is 11.8 Å². The fraction of sp³-hybridized carbons (Fsp3) is 0.688. The summed E-state index contributed by atoms with van der Waals surface area (Å²) in [5, 5.41) is 3.52. The first-order valence-electron chi connectivity index (χ1n) is 7.41. The molecule has 20 heavy (non-hydrogen) atoms. The lowest BCUT2D eigenvalue weighted by Crippen LogP contribution is -2.33. The smallest absolute Gasteiger partial charge is 0.373 e. The van der Waals surface area contributed by atoms with Crippen molar-refractivity contribution in [1.29, 1.82) is 0 Å². The van der Waals surface area contributed by atoms with Gasteiger partial charge < -0.3 is 14.5 Å². The molecule has 1 saturated carbocycles. The zero-order valence-corrected chi connectivity index (χ0v) is 12.9. The summed E-state index contributed by atoms with van der Waals surface area (Å²) < 4.78 is 10.4. The zero-order chi connectivity index (χ0) is 14.8. The van der Waals surface area contributed by atoms with Crippen molar-refractivity contribution >= 4 is 5.97 Å². The Balaban J connectivity index is 2.24. The van der Waals surface area contributed by atoms with E-state index >= 15 is 0 Å². The zero-order valence-electron chi connectivity index (χ0n) is 12.9. The molecule has 0 spiro atoms. The van der Waals surface area contributed by atoms with Crippen LogP contribution in [0.2, 0.25) is 0 Å². The summed E-state index contributed by atoms with van der Waals surface area (Å²) in [7, 11) is 1.37. The predicted molar refractivity (Wildman–Crippen MR) is 77.6 cm³/mol. The molecule has 0 saturated heterocycles. The van der Waals surface area contributed by atoms with E-state index in [2.05, 4.69) is 26.1 Å². The van der Waals surface area contributed by atoms with Gasteiger partial charge in [0.05, 0.1) is 13.2 Å². The highest BCUT2D eigenvalue weighted by atomic mass is 16.5. The quantitative estimate of drug-likeness (QED) is 0.838. The van der Waals surface area contributed by atoms with E-state index in [1.54, 1.807) is 6.07 Å². The standard InChI is InChI=1S/C16H25NO3/c1-5-17-14(11-7-6-10-16(11,2)3)12-8-9-13(20-12)15(18)19-4/h8-9,11,14,17H,5-7,10H2,1-4H3. The fourth-order valence-corrected chi connectivity index (χ4v) is 3.36. The lowest BCUT2D eigenvalue weighted by molar-refractivity contribution is 0.0559. The average Bonchev–Trinajstić information content (AvgIpc) is 3.02. The highest BCUT2D eigenvalue weighted by Gasteiger charge is 2.41. The third kappa shape index (κ3) is 2.90. The molecule has 2 rings (SSSR count). The Morgan fingerprint density at radius 3 is 2.85 bits per heavy atom. The molecule has 0 aliphatic heterocycles. The normalized spacial score (nSPS) is 22.7. The molecule has 1 aliphatic rings. The van der Waals surface area contributed by atoms with Crippen LogP contribution in [0.1, 0.15) is 62.4 Å². The van der Waals surface area contributed by atoms with Crippen molar-refractivity contribution in [3.63, 3.8) is 0 Å². The molecule has 0 aromatic carbocycles. The molecule has 2 unspecified atom stereocenters.